The van der Waals surface area contributed by atoms with Gasteiger partial charge in [0.05, 0.1) is 0 Å². The van der Waals surface area contributed by atoms with E-state index in [1.165, 1.54) is 51.4 Å². The van der Waals surface area contributed by atoms with Crippen molar-refractivity contribution < 1.29 is 0 Å². The van der Waals surface area contributed by atoms with Gasteiger partial charge in [-0.05, 0) is 30.6 Å². The SMILES string of the molecule is CCCCC1CCC(C(NN)C(C)CC)CC1. The second-order valence-corrected chi connectivity index (χ2v) is 6.00. The zero-order chi connectivity index (χ0) is 12.7. The number of nitrogens with one attached hydrogen (secondary N) is 1. The first-order valence-electron chi connectivity index (χ1n) is 7.69. The minimum Gasteiger partial charge on any atom is -0.271 e. The molecule has 0 saturated heterocycles. The third-order valence-electron chi connectivity index (χ3n) is 4.81. The molecule has 0 aromatic carbocycles. The van der Waals surface area contributed by atoms with Crippen LogP contribution in [0.4, 0.5) is 0 Å². The first kappa shape index (κ1) is 15.0. The molecule has 0 aliphatic heterocycles. The minimum absolute atomic E-state index is 0.534. The normalized spacial score (nSPS) is 28.9. The van der Waals surface area contributed by atoms with Gasteiger partial charge in [0.15, 0.2) is 0 Å². The fourth-order valence-electron chi connectivity index (χ4n) is 3.35. The Labute approximate surface area is 108 Å². The summed E-state index contributed by atoms with van der Waals surface area (Å²) >= 11 is 0. The molecule has 1 rings (SSSR count). The Morgan fingerprint density at radius 2 is 1.82 bits per heavy atom. The van der Waals surface area contributed by atoms with Gasteiger partial charge in [0, 0.05) is 6.04 Å². The zero-order valence-corrected chi connectivity index (χ0v) is 12.0. The minimum atomic E-state index is 0.534. The van der Waals surface area contributed by atoms with Crippen LogP contribution in [0.5, 0.6) is 0 Å². The van der Waals surface area contributed by atoms with Crippen LogP contribution in [0.2, 0.25) is 0 Å². The Kier molecular flexibility index (Phi) is 7.14. The van der Waals surface area contributed by atoms with Gasteiger partial charge in [-0.3, -0.25) is 11.3 Å². The number of rotatable bonds is 7. The molecule has 2 unspecified atom stereocenters. The summed E-state index contributed by atoms with van der Waals surface area (Å²) in [6.07, 6.45) is 11.1. The molecule has 0 radical (unpaired) electrons. The lowest BCUT2D eigenvalue weighted by molar-refractivity contribution is 0.176. The maximum Gasteiger partial charge on any atom is 0.0264 e. The van der Waals surface area contributed by atoms with E-state index in [1.807, 2.05) is 0 Å². The predicted molar refractivity (Wildman–Crippen MR) is 75.5 cm³/mol. The van der Waals surface area contributed by atoms with Gasteiger partial charge in [-0.15, -0.1) is 0 Å². The summed E-state index contributed by atoms with van der Waals surface area (Å²) in [7, 11) is 0. The van der Waals surface area contributed by atoms with E-state index in [-0.39, 0.29) is 0 Å². The lowest BCUT2D eigenvalue weighted by Gasteiger charge is -2.36. The van der Waals surface area contributed by atoms with Gasteiger partial charge in [0.2, 0.25) is 0 Å². The molecule has 1 fully saturated rings. The monoisotopic (exact) mass is 240 g/mol. The Morgan fingerprint density at radius 3 is 2.29 bits per heavy atom. The Morgan fingerprint density at radius 1 is 1.18 bits per heavy atom. The highest BCUT2D eigenvalue weighted by atomic mass is 15.2. The van der Waals surface area contributed by atoms with Gasteiger partial charge in [0.25, 0.3) is 0 Å². The maximum atomic E-state index is 5.74. The Hall–Kier alpha value is -0.0800. The van der Waals surface area contributed by atoms with E-state index in [2.05, 4.69) is 26.2 Å². The molecule has 2 heteroatoms. The van der Waals surface area contributed by atoms with Crippen LogP contribution < -0.4 is 11.3 Å². The third-order valence-corrected chi connectivity index (χ3v) is 4.81. The molecule has 0 aromatic rings. The first-order valence-corrected chi connectivity index (χ1v) is 7.69. The molecule has 2 atom stereocenters. The maximum absolute atomic E-state index is 5.74. The number of hydrogen-bond donors (Lipinski definition) is 2. The number of nitrogens with two attached hydrogens (primary N) is 1. The predicted octanol–water partition coefficient (Wildman–Crippen LogP) is 3.86. The van der Waals surface area contributed by atoms with E-state index in [4.69, 9.17) is 5.84 Å². The van der Waals surface area contributed by atoms with Crippen molar-refractivity contribution in [1.82, 2.24) is 5.43 Å². The molecule has 1 saturated carbocycles. The van der Waals surface area contributed by atoms with E-state index in [0.717, 1.165) is 11.8 Å². The van der Waals surface area contributed by atoms with Crippen molar-refractivity contribution >= 4 is 0 Å². The zero-order valence-electron chi connectivity index (χ0n) is 12.0. The molecule has 2 nitrogen and oxygen atoms in total. The van der Waals surface area contributed by atoms with Gasteiger partial charge < -0.3 is 0 Å². The first-order chi connectivity index (χ1) is 8.22. The van der Waals surface area contributed by atoms with Crippen LogP contribution in [-0.4, -0.2) is 6.04 Å². The van der Waals surface area contributed by atoms with Gasteiger partial charge in [0.1, 0.15) is 0 Å². The standard InChI is InChI=1S/C15H32N2/c1-4-6-7-13-8-10-14(11-9-13)15(17-16)12(3)5-2/h12-15,17H,4-11,16H2,1-3H3. The van der Waals surface area contributed by atoms with Gasteiger partial charge in [-0.25, -0.2) is 0 Å². The average molecular weight is 240 g/mol. The van der Waals surface area contributed by atoms with E-state index >= 15 is 0 Å². The number of unbranched alkanes of at least 4 members (excludes halogenated alkanes) is 1. The van der Waals surface area contributed by atoms with Crippen molar-refractivity contribution in [2.75, 3.05) is 0 Å². The molecule has 1 aliphatic carbocycles. The van der Waals surface area contributed by atoms with Crippen molar-refractivity contribution in [1.29, 1.82) is 0 Å². The van der Waals surface area contributed by atoms with Crippen LogP contribution in [0.1, 0.15) is 72.1 Å². The molecule has 0 heterocycles. The molecule has 0 aromatic heterocycles. The van der Waals surface area contributed by atoms with Crippen molar-refractivity contribution in [2.45, 2.75) is 78.2 Å². The summed E-state index contributed by atoms with van der Waals surface area (Å²) in [5.74, 6) is 8.26. The summed E-state index contributed by atoms with van der Waals surface area (Å²) in [4.78, 5) is 0. The molecule has 0 amide bonds. The highest BCUT2D eigenvalue weighted by molar-refractivity contribution is 4.83. The third kappa shape index (κ3) is 4.59. The Bertz CT molecular complexity index is 185. The van der Waals surface area contributed by atoms with Crippen molar-refractivity contribution in [3.05, 3.63) is 0 Å². The highest BCUT2D eigenvalue weighted by Gasteiger charge is 2.29. The van der Waals surface area contributed by atoms with Crippen LogP contribution in [-0.2, 0) is 0 Å². The quantitative estimate of drug-likeness (QED) is 0.524. The van der Waals surface area contributed by atoms with E-state index in [0.29, 0.717) is 12.0 Å². The van der Waals surface area contributed by atoms with E-state index in [9.17, 15) is 0 Å². The summed E-state index contributed by atoms with van der Waals surface area (Å²) in [5.41, 5.74) is 3.08. The molecule has 3 N–H and O–H groups in total. The van der Waals surface area contributed by atoms with Gasteiger partial charge in [-0.1, -0.05) is 59.3 Å². The molecular weight excluding hydrogens is 208 g/mol. The van der Waals surface area contributed by atoms with Gasteiger partial charge in [-0.2, -0.15) is 0 Å². The fourth-order valence-corrected chi connectivity index (χ4v) is 3.35. The van der Waals surface area contributed by atoms with E-state index in [1.54, 1.807) is 0 Å². The summed E-state index contributed by atoms with van der Waals surface area (Å²) in [5, 5.41) is 0. The van der Waals surface area contributed by atoms with Crippen LogP contribution in [0.15, 0.2) is 0 Å². The second kappa shape index (κ2) is 8.10. The highest BCUT2D eigenvalue weighted by Crippen LogP contribution is 2.35. The van der Waals surface area contributed by atoms with Crippen molar-refractivity contribution in [3.63, 3.8) is 0 Å². The lowest BCUT2D eigenvalue weighted by atomic mass is 9.74. The van der Waals surface area contributed by atoms with Crippen LogP contribution >= 0.6 is 0 Å². The van der Waals surface area contributed by atoms with Crippen LogP contribution in [0.25, 0.3) is 0 Å². The van der Waals surface area contributed by atoms with Crippen molar-refractivity contribution in [3.8, 4) is 0 Å². The summed E-state index contributed by atoms with van der Waals surface area (Å²) in [6, 6.07) is 0.534. The lowest BCUT2D eigenvalue weighted by Crippen LogP contribution is -2.46. The van der Waals surface area contributed by atoms with Crippen molar-refractivity contribution in [2.24, 2.45) is 23.6 Å². The molecule has 17 heavy (non-hydrogen) atoms. The summed E-state index contributed by atoms with van der Waals surface area (Å²) in [6.45, 7) is 6.89. The molecular formula is C15H32N2. The number of hydrogen-bond acceptors (Lipinski definition) is 2. The fraction of sp³-hybridized carbons (Fsp3) is 1.00. The summed E-state index contributed by atoms with van der Waals surface area (Å²) < 4.78 is 0. The number of hydrazine groups is 1. The van der Waals surface area contributed by atoms with Crippen LogP contribution in [0.3, 0.4) is 0 Å². The van der Waals surface area contributed by atoms with Crippen LogP contribution in [0, 0.1) is 17.8 Å². The topological polar surface area (TPSA) is 38.0 Å². The van der Waals surface area contributed by atoms with E-state index < -0.39 is 0 Å². The van der Waals surface area contributed by atoms with Gasteiger partial charge >= 0.3 is 0 Å². The smallest absolute Gasteiger partial charge is 0.0264 e. The molecule has 0 spiro atoms. The average Bonchev–Trinajstić information content (AvgIpc) is 2.38. The molecule has 0 bridgehead atoms. The largest absolute Gasteiger partial charge is 0.271 e. The molecule has 1 aliphatic rings. The Balaban J connectivity index is 2.34. The molecule has 102 valence electrons. The second-order valence-electron chi connectivity index (χ2n) is 6.00.